The van der Waals surface area contributed by atoms with Crippen LogP contribution in [0, 0.1) is 11.7 Å². The van der Waals surface area contributed by atoms with E-state index in [9.17, 15) is 19.2 Å². The number of aryl methyl sites for hydroxylation is 1. The summed E-state index contributed by atoms with van der Waals surface area (Å²) in [5.41, 5.74) is -1.55. The molecule has 2 aliphatic heterocycles. The lowest BCUT2D eigenvalue weighted by Crippen LogP contribution is -2.48. The fraction of sp³-hybridized carbons (Fsp3) is 0.500. The Bertz CT molecular complexity index is 1180. The zero-order valence-electron chi connectivity index (χ0n) is 20.9. The summed E-state index contributed by atoms with van der Waals surface area (Å²) in [5, 5.41) is 0. The number of benzene rings is 1. The lowest BCUT2D eigenvalue weighted by atomic mass is 9.75. The molecule has 0 spiro atoms. The molecule has 0 aliphatic carbocycles. The lowest BCUT2D eigenvalue weighted by molar-refractivity contribution is -0.143. The summed E-state index contributed by atoms with van der Waals surface area (Å²) >= 11 is 0. The van der Waals surface area contributed by atoms with Crippen LogP contribution in [-0.4, -0.2) is 88.0 Å². The number of hydrogen-bond acceptors (Lipinski definition) is 6. The summed E-state index contributed by atoms with van der Waals surface area (Å²) in [6.45, 7) is 1.26. The van der Waals surface area contributed by atoms with Crippen LogP contribution in [0.15, 0.2) is 36.7 Å². The third-order valence-corrected chi connectivity index (χ3v) is 7.21. The van der Waals surface area contributed by atoms with Gasteiger partial charge >= 0.3 is 0 Å². The van der Waals surface area contributed by atoms with Crippen LogP contribution < -0.4 is 0 Å². The maximum absolute atomic E-state index is 15.0. The van der Waals surface area contributed by atoms with Crippen molar-refractivity contribution in [3.05, 3.63) is 53.9 Å². The van der Waals surface area contributed by atoms with Gasteiger partial charge in [0.05, 0.1) is 5.41 Å². The number of rotatable bonds is 8. The summed E-state index contributed by atoms with van der Waals surface area (Å²) < 4.78 is 16.7. The van der Waals surface area contributed by atoms with Crippen molar-refractivity contribution in [1.82, 2.24) is 24.3 Å². The van der Waals surface area contributed by atoms with E-state index in [1.54, 1.807) is 35.0 Å². The van der Waals surface area contributed by atoms with Gasteiger partial charge in [-0.3, -0.25) is 24.1 Å². The molecule has 10 heteroatoms. The average Bonchev–Trinajstić information content (AvgIpc) is 3.38. The number of ketones is 1. The first-order valence-corrected chi connectivity index (χ1v) is 12.2. The van der Waals surface area contributed by atoms with Gasteiger partial charge < -0.3 is 14.4 Å². The van der Waals surface area contributed by atoms with Crippen molar-refractivity contribution in [2.24, 2.45) is 13.0 Å². The highest BCUT2D eigenvalue weighted by Crippen LogP contribution is 2.41. The first kappa shape index (κ1) is 25.7. The van der Waals surface area contributed by atoms with E-state index in [2.05, 4.69) is 4.98 Å². The fourth-order valence-electron chi connectivity index (χ4n) is 5.19. The second-order valence-corrected chi connectivity index (χ2v) is 9.97. The van der Waals surface area contributed by atoms with Crippen molar-refractivity contribution in [3.8, 4) is 0 Å². The van der Waals surface area contributed by atoms with E-state index >= 15 is 4.39 Å². The number of carbonyl (C=O) groups is 4. The van der Waals surface area contributed by atoms with E-state index in [0.29, 0.717) is 31.8 Å². The molecule has 36 heavy (non-hydrogen) atoms. The first-order valence-electron chi connectivity index (χ1n) is 12.2. The third kappa shape index (κ3) is 4.82. The molecule has 0 unspecified atom stereocenters. The quantitative estimate of drug-likeness (QED) is 0.406. The van der Waals surface area contributed by atoms with Crippen LogP contribution in [0.2, 0.25) is 0 Å². The van der Waals surface area contributed by atoms with Crippen LogP contribution in [0.25, 0.3) is 0 Å². The molecule has 0 radical (unpaired) electrons. The number of imide groups is 1. The second-order valence-electron chi connectivity index (χ2n) is 9.97. The van der Waals surface area contributed by atoms with Crippen molar-refractivity contribution < 1.29 is 23.6 Å². The fourth-order valence-corrected chi connectivity index (χ4v) is 5.19. The Morgan fingerprint density at radius 1 is 1.22 bits per heavy atom. The monoisotopic (exact) mass is 497 g/mol. The van der Waals surface area contributed by atoms with Crippen molar-refractivity contribution in [3.63, 3.8) is 0 Å². The number of aromatic nitrogens is 2. The number of Topliss-reactive ketones (excluding diaryl/α,β-unsaturated/α-hetero) is 1. The molecule has 0 bridgehead atoms. The highest BCUT2D eigenvalue weighted by molar-refractivity contribution is 6.10. The number of halogens is 1. The van der Waals surface area contributed by atoms with Crippen LogP contribution in [0.4, 0.5) is 4.39 Å². The van der Waals surface area contributed by atoms with Crippen molar-refractivity contribution in [1.29, 1.82) is 0 Å². The lowest BCUT2D eigenvalue weighted by Gasteiger charge is -2.35. The van der Waals surface area contributed by atoms with Crippen molar-refractivity contribution >= 4 is 23.5 Å². The Hall–Kier alpha value is -3.40. The molecule has 0 N–H and O–H groups in total. The van der Waals surface area contributed by atoms with Gasteiger partial charge in [0, 0.05) is 69.9 Å². The zero-order chi connectivity index (χ0) is 26.0. The van der Waals surface area contributed by atoms with Crippen LogP contribution in [0.3, 0.4) is 0 Å². The predicted molar refractivity (Wildman–Crippen MR) is 129 cm³/mol. The Morgan fingerprint density at radius 3 is 2.64 bits per heavy atom. The standard InChI is InChI=1S/C26H32FN5O4/c1-29(2)13-14-32-22(34)16-26(25(32)36,19-8-4-5-9-20(19)27)15-21(33)31-11-6-7-18(17-31)23(35)24-28-10-12-30(24)3/h4-5,8-10,12,18H,6-7,11,13-17H2,1-3H3/t18-,26+/m1/s1. The number of piperidine rings is 1. The molecule has 0 saturated carbocycles. The molecule has 4 rings (SSSR count). The van der Waals surface area contributed by atoms with Crippen LogP contribution in [-0.2, 0) is 26.8 Å². The first-order chi connectivity index (χ1) is 17.1. The maximum atomic E-state index is 15.0. The molecule has 192 valence electrons. The number of likely N-dealkylation sites (N-methyl/N-ethyl adjacent to an activating group) is 1. The van der Waals surface area contributed by atoms with Crippen molar-refractivity contribution in [2.45, 2.75) is 31.1 Å². The minimum Gasteiger partial charge on any atom is -0.342 e. The van der Waals surface area contributed by atoms with E-state index < -0.39 is 29.0 Å². The second kappa shape index (κ2) is 10.3. The van der Waals surface area contributed by atoms with Gasteiger partial charge in [0.2, 0.25) is 23.5 Å². The number of likely N-dealkylation sites (tertiary alicyclic amines) is 2. The van der Waals surface area contributed by atoms with Gasteiger partial charge in [-0.25, -0.2) is 9.37 Å². The molecular formula is C26H32FN5O4. The van der Waals surface area contributed by atoms with E-state index in [0.717, 1.165) is 4.90 Å². The molecule has 2 aromatic rings. The van der Waals surface area contributed by atoms with Gasteiger partial charge in [-0.15, -0.1) is 0 Å². The van der Waals surface area contributed by atoms with E-state index in [1.165, 1.54) is 18.2 Å². The largest absolute Gasteiger partial charge is 0.342 e. The Kier molecular flexibility index (Phi) is 7.35. The summed E-state index contributed by atoms with van der Waals surface area (Å²) in [6.07, 6.45) is 3.91. The molecule has 2 fully saturated rings. The van der Waals surface area contributed by atoms with Gasteiger partial charge in [-0.1, -0.05) is 18.2 Å². The Balaban J connectivity index is 1.59. The topological polar surface area (TPSA) is 95.8 Å². The number of carbonyl (C=O) groups excluding carboxylic acids is 4. The summed E-state index contributed by atoms with van der Waals surface area (Å²) in [5.74, 6) is -2.17. The minimum atomic E-state index is -1.61. The number of imidazole rings is 1. The maximum Gasteiger partial charge on any atom is 0.241 e. The number of nitrogens with zero attached hydrogens (tertiary/aromatic N) is 5. The summed E-state index contributed by atoms with van der Waals surface area (Å²) in [6, 6.07) is 5.84. The SMILES string of the molecule is CN(C)CCN1C(=O)C[C@@](CC(=O)N2CCC[C@@H](C(=O)c3nccn3C)C2)(c2ccccc2F)C1=O. The van der Waals surface area contributed by atoms with Crippen LogP contribution in [0.5, 0.6) is 0 Å². The molecule has 2 atom stereocenters. The Morgan fingerprint density at radius 2 is 1.97 bits per heavy atom. The molecule has 2 aliphatic rings. The average molecular weight is 498 g/mol. The van der Waals surface area contributed by atoms with E-state index in [-0.39, 0.29) is 43.2 Å². The smallest absolute Gasteiger partial charge is 0.241 e. The predicted octanol–water partition coefficient (Wildman–Crippen LogP) is 1.63. The summed E-state index contributed by atoms with van der Waals surface area (Å²) in [4.78, 5) is 61.9. The minimum absolute atomic E-state index is 0.0571. The van der Waals surface area contributed by atoms with Crippen LogP contribution >= 0.6 is 0 Å². The molecular weight excluding hydrogens is 465 g/mol. The molecule has 1 aromatic heterocycles. The summed E-state index contributed by atoms with van der Waals surface area (Å²) in [7, 11) is 5.41. The highest BCUT2D eigenvalue weighted by Gasteiger charge is 2.55. The number of amides is 3. The van der Waals surface area contributed by atoms with Crippen molar-refractivity contribution in [2.75, 3.05) is 40.3 Å². The normalized spacial score (nSPS) is 22.5. The zero-order valence-corrected chi connectivity index (χ0v) is 20.9. The molecule has 3 amide bonds. The number of hydrogen-bond donors (Lipinski definition) is 0. The molecule has 1 aromatic carbocycles. The third-order valence-electron chi connectivity index (χ3n) is 7.21. The van der Waals surface area contributed by atoms with Gasteiger partial charge in [0.15, 0.2) is 5.82 Å². The molecule has 3 heterocycles. The van der Waals surface area contributed by atoms with Gasteiger partial charge in [-0.05, 0) is 33.0 Å². The van der Waals surface area contributed by atoms with Gasteiger partial charge in [0.1, 0.15) is 5.82 Å². The van der Waals surface area contributed by atoms with Gasteiger partial charge in [0.25, 0.3) is 0 Å². The highest BCUT2D eigenvalue weighted by atomic mass is 19.1. The van der Waals surface area contributed by atoms with E-state index in [4.69, 9.17) is 0 Å². The Labute approximate surface area is 209 Å². The van der Waals surface area contributed by atoms with E-state index in [1.807, 2.05) is 19.0 Å². The van der Waals surface area contributed by atoms with Gasteiger partial charge in [-0.2, -0.15) is 0 Å². The molecule has 9 nitrogen and oxygen atoms in total. The molecule has 2 saturated heterocycles. The van der Waals surface area contributed by atoms with Crippen LogP contribution in [0.1, 0.15) is 41.9 Å².